The molecule has 0 fully saturated rings. The molecule has 0 saturated carbocycles. The van der Waals surface area contributed by atoms with Gasteiger partial charge in [-0.15, -0.1) is 0 Å². The van der Waals surface area contributed by atoms with Crippen molar-refractivity contribution in [2.45, 2.75) is 46.2 Å². The van der Waals surface area contributed by atoms with Crippen LogP contribution in [0.1, 0.15) is 44.5 Å². The van der Waals surface area contributed by atoms with Crippen molar-refractivity contribution in [2.24, 2.45) is 5.92 Å². The zero-order valence-electron chi connectivity index (χ0n) is 16.4. The minimum absolute atomic E-state index is 0.00193. The van der Waals surface area contributed by atoms with E-state index < -0.39 is 17.9 Å². The van der Waals surface area contributed by atoms with Gasteiger partial charge in [0.25, 0.3) is 11.8 Å². The lowest BCUT2D eigenvalue weighted by atomic mass is 10.0. The number of ether oxygens (including phenoxy) is 2. The number of methoxy groups -OCH3 is 1. The van der Waals surface area contributed by atoms with Crippen LogP contribution in [0.2, 0.25) is 0 Å². The Morgan fingerprint density at radius 3 is 2.26 bits per heavy atom. The summed E-state index contributed by atoms with van der Waals surface area (Å²) in [7, 11) is 1.41. The van der Waals surface area contributed by atoms with Crippen LogP contribution in [0.5, 0.6) is 11.5 Å². The van der Waals surface area contributed by atoms with Crippen molar-refractivity contribution >= 4 is 17.8 Å². The van der Waals surface area contributed by atoms with Gasteiger partial charge in [0.1, 0.15) is 6.04 Å². The summed E-state index contributed by atoms with van der Waals surface area (Å²) in [4.78, 5) is 35.4. The molecule has 8 heteroatoms. The molecule has 2 amide bonds. The van der Waals surface area contributed by atoms with Crippen LogP contribution in [0.3, 0.4) is 0 Å². The Labute approximate surface area is 159 Å². The van der Waals surface area contributed by atoms with Gasteiger partial charge >= 0.3 is 5.97 Å². The third-order valence-electron chi connectivity index (χ3n) is 3.54. The van der Waals surface area contributed by atoms with Crippen molar-refractivity contribution in [1.29, 1.82) is 0 Å². The van der Waals surface area contributed by atoms with Crippen molar-refractivity contribution < 1.29 is 29.0 Å². The topological polar surface area (TPSA) is 114 Å². The van der Waals surface area contributed by atoms with Gasteiger partial charge < -0.3 is 25.2 Å². The molecule has 0 aliphatic rings. The van der Waals surface area contributed by atoms with Crippen LogP contribution < -0.4 is 20.1 Å². The zero-order chi connectivity index (χ0) is 20.6. The van der Waals surface area contributed by atoms with Crippen molar-refractivity contribution in [3.05, 3.63) is 23.8 Å². The van der Waals surface area contributed by atoms with E-state index in [0.29, 0.717) is 12.2 Å². The molecule has 1 rings (SSSR count). The molecule has 0 aliphatic carbocycles. The SMILES string of the molecule is COc1cc(C(=O)NC(CC(C)C)C(=O)O)ccc1OCC(=O)NC(C)C. The van der Waals surface area contributed by atoms with Crippen LogP contribution in [-0.2, 0) is 9.59 Å². The molecule has 8 nitrogen and oxygen atoms in total. The van der Waals surface area contributed by atoms with Crippen molar-refractivity contribution in [3.63, 3.8) is 0 Å². The van der Waals surface area contributed by atoms with E-state index >= 15 is 0 Å². The maximum absolute atomic E-state index is 12.4. The van der Waals surface area contributed by atoms with Crippen LogP contribution in [0, 0.1) is 5.92 Å². The lowest BCUT2D eigenvalue weighted by Gasteiger charge is -2.17. The minimum Gasteiger partial charge on any atom is -0.493 e. The maximum Gasteiger partial charge on any atom is 0.326 e. The number of aliphatic carboxylic acids is 1. The standard InChI is InChI=1S/C19H28N2O6/c1-11(2)8-14(19(24)25)21-18(23)13-6-7-15(16(9-13)26-5)27-10-17(22)20-12(3)4/h6-7,9,11-12,14H,8,10H2,1-5H3,(H,20,22)(H,21,23)(H,24,25). The van der Waals surface area contributed by atoms with E-state index in [-0.39, 0.29) is 35.8 Å². The van der Waals surface area contributed by atoms with Crippen LogP contribution in [-0.4, -0.2) is 48.7 Å². The molecule has 27 heavy (non-hydrogen) atoms. The van der Waals surface area contributed by atoms with Gasteiger partial charge in [0.05, 0.1) is 7.11 Å². The largest absolute Gasteiger partial charge is 0.493 e. The zero-order valence-corrected chi connectivity index (χ0v) is 16.4. The lowest BCUT2D eigenvalue weighted by molar-refractivity contribution is -0.139. The van der Waals surface area contributed by atoms with E-state index in [4.69, 9.17) is 9.47 Å². The summed E-state index contributed by atoms with van der Waals surface area (Å²) in [5, 5.41) is 14.5. The van der Waals surface area contributed by atoms with E-state index in [0.717, 1.165) is 0 Å². The van der Waals surface area contributed by atoms with Crippen molar-refractivity contribution in [1.82, 2.24) is 10.6 Å². The van der Waals surface area contributed by atoms with Gasteiger partial charge in [0.15, 0.2) is 18.1 Å². The Morgan fingerprint density at radius 2 is 1.74 bits per heavy atom. The Morgan fingerprint density at radius 1 is 1.07 bits per heavy atom. The highest BCUT2D eigenvalue weighted by molar-refractivity contribution is 5.97. The Hall–Kier alpha value is -2.77. The molecule has 1 aromatic carbocycles. The Balaban J connectivity index is 2.84. The highest BCUT2D eigenvalue weighted by atomic mass is 16.5. The molecule has 0 radical (unpaired) electrons. The predicted octanol–water partition coefficient (Wildman–Crippen LogP) is 1.83. The number of carboxylic acid groups (broad SMARTS) is 1. The molecule has 0 saturated heterocycles. The third kappa shape index (κ3) is 7.55. The first-order valence-corrected chi connectivity index (χ1v) is 8.77. The second-order valence-corrected chi connectivity index (χ2v) is 6.87. The molecule has 0 heterocycles. The molecular weight excluding hydrogens is 352 g/mol. The van der Waals surface area contributed by atoms with Gasteiger partial charge in [-0.1, -0.05) is 13.8 Å². The highest BCUT2D eigenvalue weighted by Crippen LogP contribution is 2.28. The lowest BCUT2D eigenvalue weighted by Crippen LogP contribution is -2.41. The minimum atomic E-state index is -1.08. The molecule has 0 aromatic heterocycles. The number of nitrogens with one attached hydrogen (secondary N) is 2. The molecule has 3 N–H and O–H groups in total. The first-order valence-electron chi connectivity index (χ1n) is 8.77. The van der Waals surface area contributed by atoms with Gasteiger partial charge in [-0.2, -0.15) is 0 Å². The van der Waals surface area contributed by atoms with E-state index in [1.54, 1.807) is 0 Å². The fourth-order valence-corrected chi connectivity index (χ4v) is 2.37. The quantitative estimate of drug-likeness (QED) is 0.571. The second kappa shape index (κ2) is 10.4. The van der Waals surface area contributed by atoms with E-state index in [2.05, 4.69) is 10.6 Å². The monoisotopic (exact) mass is 380 g/mol. The first kappa shape index (κ1) is 22.3. The van der Waals surface area contributed by atoms with Crippen molar-refractivity contribution in [2.75, 3.05) is 13.7 Å². The fourth-order valence-electron chi connectivity index (χ4n) is 2.37. The number of hydrogen-bond acceptors (Lipinski definition) is 5. The molecule has 150 valence electrons. The summed E-state index contributed by atoms with van der Waals surface area (Å²) in [5.41, 5.74) is 0.237. The summed E-state index contributed by atoms with van der Waals surface area (Å²) >= 11 is 0. The van der Waals surface area contributed by atoms with Gasteiger partial charge in [-0.05, 0) is 44.4 Å². The van der Waals surface area contributed by atoms with E-state index in [9.17, 15) is 19.5 Å². The molecule has 0 aliphatic heterocycles. The summed E-state index contributed by atoms with van der Waals surface area (Å²) in [6.45, 7) is 7.26. The van der Waals surface area contributed by atoms with Gasteiger partial charge in [0, 0.05) is 11.6 Å². The number of carbonyl (C=O) groups is 3. The number of amides is 2. The maximum atomic E-state index is 12.4. The van der Waals surface area contributed by atoms with Crippen LogP contribution in [0.25, 0.3) is 0 Å². The smallest absolute Gasteiger partial charge is 0.326 e. The molecular formula is C19H28N2O6. The third-order valence-corrected chi connectivity index (χ3v) is 3.54. The number of carbonyl (C=O) groups excluding carboxylic acids is 2. The summed E-state index contributed by atoms with van der Waals surface area (Å²) in [6, 6.07) is 3.47. The fraction of sp³-hybridized carbons (Fsp3) is 0.526. The highest BCUT2D eigenvalue weighted by Gasteiger charge is 2.22. The molecule has 0 bridgehead atoms. The molecule has 1 atom stereocenters. The summed E-state index contributed by atoms with van der Waals surface area (Å²) in [5.74, 6) is -1.17. The number of benzene rings is 1. The van der Waals surface area contributed by atoms with Crippen LogP contribution >= 0.6 is 0 Å². The first-order chi connectivity index (χ1) is 12.6. The van der Waals surface area contributed by atoms with Gasteiger partial charge in [0.2, 0.25) is 0 Å². The molecule has 0 spiro atoms. The Bertz CT molecular complexity index is 672. The number of hydrogen-bond donors (Lipinski definition) is 3. The van der Waals surface area contributed by atoms with Crippen molar-refractivity contribution in [3.8, 4) is 11.5 Å². The second-order valence-electron chi connectivity index (χ2n) is 6.87. The normalized spacial score (nSPS) is 11.8. The van der Waals surface area contributed by atoms with E-state index in [1.807, 2.05) is 27.7 Å². The summed E-state index contributed by atoms with van der Waals surface area (Å²) < 4.78 is 10.6. The van der Waals surface area contributed by atoms with Crippen LogP contribution in [0.15, 0.2) is 18.2 Å². The van der Waals surface area contributed by atoms with Gasteiger partial charge in [-0.25, -0.2) is 4.79 Å². The van der Waals surface area contributed by atoms with Gasteiger partial charge in [-0.3, -0.25) is 9.59 Å². The molecule has 1 aromatic rings. The average Bonchev–Trinajstić information content (AvgIpc) is 2.57. The number of rotatable bonds is 10. The predicted molar refractivity (Wildman–Crippen MR) is 100 cm³/mol. The Kier molecular flexibility index (Phi) is 8.58. The molecule has 1 unspecified atom stereocenters. The average molecular weight is 380 g/mol. The summed E-state index contributed by atoms with van der Waals surface area (Å²) in [6.07, 6.45) is 0.324. The van der Waals surface area contributed by atoms with E-state index in [1.165, 1.54) is 25.3 Å². The number of carboxylic acids is 1. The van der Waals surface area contributed by atoms with Crippen LogP contribution in [0.4, 0.5) is 0 Å².